The average molecular weight is 295 g/mol. The first-order valence-corrected chi connectivity index (χ1v) is 8.20. The summed E-state index contributed by atoms with van der Waals surface area (Å²) in [5, 5.41) is 0. The Morgan fingerprint density at radius 1 is 1.35 bits per heavy atom. The summed E-state index contributed by atoms with van der Waals surface area (Å²) in [6.07, 6.45) is 3.77. The van der Waals surface area contributed by atoms with E-state index in [2.05, 4.69) is 4.72 Å². The molecule has 7 heteroatoms. The molecule has 2 rings (SSSR count). The summed E-state index contributed by atoms with van der Waals surface area (Å²) in [5.41, 5.74) is 5.92. The van der Waals surface area contributed by atoms with Gasteiger partial charge in [0.05, 0.1) is 4.34 Å². The Labute approximate surface area is 110 Å². The molecule has 0 radical (unpaired) electrons. The van der Waals surface area contributed by atoms with Crippen LogP contribution in [0.4, 0.5) is 0 Å². The molecule has 1 aliphatic rings. The van der Waals surface area contributed by atoms with Crippen LogP contribution in [0.2, 0.25) is 4.34 Å². The van der Waals surface area contributed by atoms with Crippen LogP contribution in [0.15, 0.2) is 16.3 Å². The Balaban J connectivity index is 2.11. The van der Waals surface area contributed by atoms with E-state index in [4.69, 9.17) is 17.3 Å². The van der Waals surface area contributed by atoms with Crippen LogP contribution in [0.5, 0.6) is 0 Å². The lowest BCUT2D eigenvalue weighted by Gasteiger charge is -2.28. The van der Waals surface area contributed by atoms with E-state index < -0.39 is 10.0 Å². The molecule has 1 heterocycles. The van der Waals surface area contributed by atoms with Crippen molar-refractivity contribution in [1.82, 2.24) is 4.72 Å². The Morgan fingerprint density at radius 2 is 2.06 bits per heavy atom. The summed E-state index contributed by atoms with van der Waals surface area (Å²) in [6, 6.07) is 2.86. The van der Waals surface area contributed by atoms with Gasteiger partial charge in [0, 0.05) is 12.1 Å². The Morgan fingerprint density at radius 3 is 2.65 bits per heavy atom. The molecule has 1 aliphatic carbocycles. The first kappa shape index (κ1) is 13.3. The molecule has 1 fully saturated rings. The molecule has 0 bridgehead atoms. The van der Waals surface area contributed by atoms with Crippen LogP contribution < -0.4 is 10.5 Å². The van der Waals surface area contributed by atoms with Crippen molar-refractivity contribution < 1.29 is 8.42 Å². The Hall–Kier alpha value is -0.140. The highest BCUT2D eigenvalue weighted by Crippen LogP contribution is 2.26. The number of halogens is 1. The van der Waals surface area contributed by atoms with Gasteiger partial charge in [0.25, 0.3) is 0 Å². The summed E-state index contributed by atoms with van der Waals surface area (Å²) in [7, 11) is -3.47. The Bertz CT molecular complexity index is 486. The topological polar surface area (TPSA) is 72.2 Å². The maximum Gasteiger partial charge on any atom is 0.250 e. The normalized spacial score (nSPS) is 26.0. The SMILES string of the molecule is N[C@@H]1CCCC[C@H]1NS(=O)(=O)c1ccc(Cl)s1. The van der Waals surface area contributed by atoms with Crippen molar-refractivity contribution in [3.05, 3.63) is 16.5 Å². The smallest absolute Gasteiger partial charge is 0.250 e. The van der Waals surface area contributed by atoms with Gasteiger partial charge in [-0.05, 0) is 25.0 Å². The third kappa shape index (κ3) is 3.20. The van der Waals surface area contributed by atoms with Gasteiger partial charge in [0.15, 0.2) is 0 Å². The van der Waals surface area contributed by atoms with Gasteiger partial charge in [0.1, 0.15) is 4.21 Å². The van der Waals surface area contributed by atoms with Gasteiger partial charge >= 0.3 is 0 Å². The van der Waals surface area contributed by atoms with Crippen molar-refractivity contribution in [1.29, 1.82) is 0 Å². The van der Waals surface area contributed by atoms with Gasteiger partial charge in [-0.2, -0.15) is 0 Å². The predicted molar refractivity (Wildman–Crippen MR) is 69.9 cm³/mol. The van der Waals surface area contributed by atoms with Crippen molar-refractivity contribution in [2.75, 3.05) is 0 Å². The highest BCUT2D eigenvalue weighted by molar-refractivity contribution is 7.91. The first-order valence-electron chi connectivity index (χ1n) is 5.52. The van der Waals surface area contributed by atoms with Crippen LogP contribution in [0.25, 0.3) is 0 Å². The molecule has 3 N–H and O–H groups in total. The van der Waals surface area contributed by atoms with Crippen LogP contribution in [-0.2, 0) is 10.0 Å². The number of sulfonamides is 1. The van der Waals surface area contributed by atoms with E-state index >= 15 is 0 Å². The first-order chi connectivity index (χ1) is 7.99. The van der Waals surface area contributed by atoms with Crippen molar-refractivity contribution in [2.45, 2.75) is 42.0 Å². The standard InChI is InChI=1S/C10H15ClN2O2S2/c11-9-5-6-10(16-9)17(14,15)13-8-4-2-1-3-7(8)12/h5-8,13H,1-4,12H2/t7-,8-/m1/s1. The van der Waals surface area contributed by atoms with E-state index in [1.807, 2.05) is 0 Å². The van der Waals surface area contributed by atoms with E-state index in [9.17, 15) is 8.42 Å². The average Bonchev–Trinajstić information content (AvgIpc) is 2.69. The number of rotatable bonds is 3. The van der Waals surface area contributed by atoms with Crippen molar-refractivity contribution in [3.63, 3.8) is 0 Å². The molecule has 0 aromatic carbocycles. The molecule has 0 spiro atoms. The van der Waals surface area contributed by atoms with E-state index in [0.717, 1.165) is 37.0 Å². The van der Waals surface area contributed by atoms with Gasteiger partial charge in [-0.1, -0.05) is 24.4 Å². The quantitative estimate of drug-likeness (QED) is 0.895. The second-order valence-electron chi connectivity index (χ2n) is 4.23. The minimum Gasteiger partial charge on any atom is -0.326 e. The van der Waals surface area contributed by atoms with Crippen LogP contribution in [0.3, 0.4) is 0 Å². The lowest BCUT2D eigenvalue weighted by molar-refractivity contribution is 0.361. The molecule has 96 valence electrons. The number of hydrogen-bond donors (Lipinski definition) is 2. The van der Waals surface area contributed by atoms with Gasteiger partial charge in [0.2, 0.25) is 10.0 Å². The van der Waals surface area contributed by atoms with Gasteiger partial charge in [-0.25, -0.2) is 13.1 Å². The van der Waals surface area contributed by atoms with Crippen molar-refractivity contribution in [3.8, 4) is 0 Å². The molecular weight excluding hydrogens is 280 g/mol. The Kier molecular flexibility index (Phi) is 4.10. The maximum atomic E-state index is 12.0. The third-order valence-electron chi connectivity index (χ3n) is 2.94. The number of nitrogens with two attached hydrogens (primary N) is 1. The molecule has 0 aliphatic heterocycles. The van der Waals surface area contributed by atoms with Gasteiger partial charge in [-0.3, -0.25) is 0 Å². The molecule has 0 unspecified atom stereocenters. The van der Waals surface area contributed by atoms with Crippen LogP contribution >= 0.6 is 22.9 Å². The number of hydrogen-bond acceptors (Lipinski definition) is 4. The van der Waals surface area contributed by atoms with E-state index in [1.165, 1.54) is 6.07 Å². The molecule has 1 saturated carbocycles. The lowest BCUT2D eigenvalue weighted by Crippen LogP contribution is -2.49. The fourth-order valence-electron chi connectivity index (χ4n) is 2.01. The zero-order chi connectivity index (χ0) is 12.5. The second kappa shape index (κ2) is 5.24. The fourth-order valence-corrected chi connectivity index (χ4v) is 4.83. The molecule has 0 amide bonds. The molecule has 1 aromatic rings. The molecular formula is C10H15ClN2O2S2. The molecule has 1 aromatic heterocycles. The minimum absolute atomic E-state index is 0.0889. The van der Waals surface area contributed by atoms with E-state index in [0.29, 0.717) is 4.34 Å². The maximum absolute atomic E-state index is 12.0. The fraction of sp³-hybridized carbons (Fsp3) is 0.600. The van der Waals surface area contributed by atoms with E-state index in [-0.39, 0.29) is 16.3 Å². The van der Waals surface area contributed by atoms with Gasteiger partial charge in [-0.15, -0.1) is 11.3 Å². The van der Waals surface area contributed by atoms with E-state index in [1.54, 1.807) is 6.07 Å². The molecule has 0 saturated heterocycles. The minimum atomic E-state index is -3.47. The molecule has 17 heavy (non-hydrogen) atoms. The molecule has 2 atom stereocenters. The van der Waals surface area contributed by atoms with Crippen LogP contribution in [-0.4, -0.2) is 20.5 Å². The second-order valence-corrected chi connectivity index (χ2v) is 7.89. The summed E-state index contributed by atoms with van der Waals surface area (Å²) in [5.74, 6) is 0. The summed E-state index contributed by atoms with van der Waals surface area (Å²) in [6.45, 7) is 0. The van der Waals surface area contributed by atoms with Crippen LogP contribution in [0.1, 0.15) is 25.7 Å². The predicted octanol–water partition coefficient (Wildman–Crippen LogP) is 1.95. The monoisotopic (exact) mass is 294 g/mol. The summed E-state index contributed by atoms with van der Waals surface area (Å²) < 4.78 is 27.5. The van der Waals surface area contributed by atoms with Crippen LogP contribution in [0, 0.1) is 0 Å². The largest absolute Gasteiger partial charge is 0.326 e. The van der Waals surface area contributed by atoms with Crippen molar-refractivity contribution in [2.24, 2.45) is 5.73 Å². The lowest BCUT2D eigenvalue weighted by atomic mass is 9.92. The summed E-state index contributed by atoms with van der Waals surface area (Å²) in [4.78, 5) is 0. The molecule has 4 nitrogen and oxygen atoms in total. The zero-order valence-electron chi connectivity index (χ0n) is 9.23. The zero-order valence-corrected chi connectivity index (χ0v) is 11.6. The number of thiophene rings is 1. The van der Waals surface area contributed by atoms with Gasteiger partial charge < -0.3 is 5.73 Å². The van der Waals surface area contributed by atoms with Crippen molar-refractivity contribution >= 4 is 33.0 Å². The third-order valence-corrected chi connectivity index (χ3v) is 6.15. The summed E-state index contributed by atoms with van der Waals surface area (Å²) >= 11 is 6.80. The highest BCUT2D eigenvalue weighted by atomic mass is 35.5. The number of nitrogens with one attached hydrogen (secondary N) is 1. The highest BCUT2D eigenvalue weighted by Gasteiger charge is 2.27.